The molecule has 12 heteroatoms. The van der Waals surface area contributed by atoms with Crippen molar-refractivity contribution >= 4 is 40.8 Å². The highest BCUT2D eigenvalue weighted by molar-refractivity contribution is 6.51. The van der Waals surface area contributed by atoms with Crippen molar-refractivity contribution in [3.63, 3.8) is 0 Å². The van der Waals surface area contributed by atoms with Crippen molar-refractivity contribution in [2.45, 2.75) is 181 Å². The minimum Gasteiger partial charge on any atom is -0.460 e. The molecule has 1 amide bonds. The van der Waals surface area contributed by atoms with Crippen molar-refractivity contribution in [1.82, 2.24) is 4.90 Å². The molecule has 0 radical (unpaired) electrons. The number of piperidine rings is 1. The molecule has 3 fully saturated rings. The molecule has 4 rings (SSSR count). The minimum atomic E-state index is -1.92. The number of Topliss-reactive ketones (excluding diaryl/α,β-unsaturated/α-hetero) is 3. The lowest BCUT2D eigenvalue weighted by molar-refractivity contribution is -0.174. The number of hydrogen-bond donors (Lipinski definition) is 0. The van der Waals surface area contributed by atoms with Gasteiger partial charge in [-0.15, -0.1) is 0 Å². The average molecular weight is 929 g/mol. The Bertz CT molecular complexity index is 1760. The van der Waals surface area contributed by atoms with Crippen molar-refractivity contribution in [1.29, 1.82) is 0 Å². The summed E-state index contributed by atoms with van der Waals surface area (Å²) in [6, 6.07) is -1.02. The van der Waals surface area contributed by atoms with Crippen LogP contribution < -0.4 is 0 Å². The molecule has 1 aliphatic carbocycles. The lowest BCUT2D eigenvalue weighted by Gasteiger charge is -2.42. The summed E-state index contributed by atoms with van der Waals surface area (Å²) in [4.78, 5) is 72.6. The number of alkyl halides is 1. The maximum Gasteiger partial charge on any atom is 0.329 e. The Kier molecular flexibility index (Phi) is 21.4. The summed E-state index contributed by atoms with van der Waals surface area (Å²) in [5.41, 5.74) is 1.82. The maximum absolute atomic E-state index is 14.5. The monoisotopic (exact) mass is 928 g/mol. The summed E-state index contributed by atoms with van der Waals surface area (Å²) >= 11 is 7.13. The van der Waals surface area contributed by atoms with E-state index < -0.39 is 58.9 Å². The van der Waals surface area contributed by atoms with Crippen LogP contribution in [0.1, 0.15) is 139 Å². The van der Waals surface area contributed by atoms with Crippen LogP contribution in [0.4, 0.5) is 0 Å². The summed E-state index contributed by atoms with van der Waals surface area (Å²) in [5.74, 6) is -3.31. The molecule has 0 aromatic rings. The van der Waals surface area contributed by atoms with Gasteiger partial charge in [0.2, 0.25) is 5.06 Å². The van der Waals surface area contributed by atoms with Crippen LogP contribution in [0.25, 0.3) is 0 Å². The first kappa shape index (κ1) is 54.6. The van der Waals surface area contributed by atoms with E-state index in [1.165, 1.54) is 4.90 Å². The second-order valence-electron chi connectivity index (χ2n) is 20.3. The first-order valence-electron chi connectivity index (χ1n) is 24.5. The number of carbonyl (C=O) groups excluding carboxylic acids is 5. The Hall–Kier alpha value is -2.96. The van der Waals surface area contributed by atoms with Crippen LogP contribution in [0.5, 0.6) is 0 Å². The van der Waals surface area contributed by atoms with Gasteiger partial charge in [0.1, 0.15) is 24.0 Å². The molecule has 11 nitrogen and oxygen atoms in total. The molecular formula is C53H82ClNO10. The summed E-state index contributed by atoms with van der Waals surface area (Å²) in [5, 5.41) is -1.92. The van der Waals surface area contributed by atoms with Gasteiger partial charge in [0.15, 0.2) is 5.78 Å². The molecule has 0 aromatic heterocycles. The van der Waals surface area contributed by atoms with Crippen LogP contribution in [0.3, 0.4) is 0 Å². The number of methoxy groups -OCH3 is 3. The SMILES string of the molecule is CO[C@H]1C[C@@H]2CC[C@@H](C)C(Cl)(O2)C(=O)C(=O)N2CCCC[C@H]2C(=O)O[C@H]([C@H](C)C[C@@H]2CC[C@@H](C)[C@H](OC)C2)CC(=O)[C@H](C)/C=C(\C)[C@@H](C)[C@@H](OC)C(=O)[C@H](C)C[C@H](C)/C=C/C=C/C=C/1C. The third-order valence-electron chi connectivity index (χ3n) is 15.2. The number of fused-ring (bicyclic) bond motifs is 3. The molecule has 2 saturated heterocycles. The van der Waals surface area contributed by atoms with Gasteiger partial charge in [-0.3, -0.25) is 19.2 Å². The van der Waals surface area contributed by atoms with Gasteiger partial charge in [0, 0.05) is 64.4 Å². The quantitative estimate of drug-likeness (QED) is 0.110. The summed E-state index contributed by atoms with van der Waals surface area (Å²) in [6.45, 7) is 18.0. The molecular weight excluding hydrogens is 846 g/mol. The number of nitrogens with zero attached hydrogens (tertiary/aromatic N) is 1. The standard InChI is InChI=1S/C53H82ClNO10/c1-32-18-14-13-15-19-33(2)46(62-11)30-42-24-22-39(8)53(54,65-42)50(58)51(59)55-25-17-16-20-43(55)52(60)64-47(37(6)28-41-23-21-34(3)45(29-41)61-10)31-44(56)36(5)27-35(4)40(9)49(63-12)48(57)38(7)26-32/h13-15,18-19,27,32,34,36-43,45-47,49H,16-17,20-26,28-31H2,1-12H3/b15-13+,18-14+,33-19+,35-27+/t32-,34-,36-,37-,38-,39-,40-,41+,42+,43+,45-,46+,47+,49-,53?/m1/s1. The highest BCUT2D eigenvalue weighted by Gasteiger charge is 2.53. The van der Waals surface area contributed by atoms with Crippen molar-refractivity contribution < 1.29 is 47.7 Å². The van der Waals surface area contributed by atoms with Crippen molar-refractivity contribution in [2.24, 2.45) is 47.3 Å². The van der Waals surface area contributed by atoms with E-state index in [4.69, 9.17) is 35.3 Å². The van der Waals surface area contributed by atoms with Crippen LogP contribution >= 0.6 is 11.6 Å². The van der Waals surface area contributed by atoms with E-state index in [1.54, 1.807) is 21.3 Å². The zero-order valence-corrected chi connectivity index (χ0v) is 42.4. The first-order valence-corrected chi connectivity index (χ1v) is 24.9. The van der Waals surface area contributed by atoms with Crippen molar-refractivity contribution in [3.05, 3.63) is 47.6 Å². The molecule has 1 saturated carbocycles. The van der Waals surface area contributed by atoms with Crippen LogP contribution in [-0.2, 0) is 47.7 Å². The van der Waals surface area contributed by atoms with Gasteiger partial charge in [-0.05, 0) is 107 Å². The van der Waals surface area contributed by atoms with E-state index in [9.17, 15) is 24.0 Å². The zero-order valence-electron chi connectivity index (χ0n) is 41.6. The molecule has 0 aromatic carbocycles. The fourth-order valence-corrected chi connectivity index (χ4v) is 10.9. The number of cyclic esters (lactones) is 1. The highest BCUT2D eigenvalue weighted by atomic mass is 35.5. The van der Waals surface area contributed by atoms with Gasteiger partial charge in [-0.1, -0.05) is 102 Å². The van der Waals surface area contributed by atoms with E-state index >= 15 is 0 Å². The number of ketones is 3. The number of amides is 1. The smallest absolute Gasteiger partial charge is 0.329 e. The van der Waals surface area contributed by atoms with Crippen LogP contribution in [0.2, 0.25) is 0 Å². The number of hydrogen-bond acceptors (Lipinski definition) is 10. The summed E-state index contributed by atoms with van der Waals surface area (Å²) in [7, 11) is 4.94. The molecule has 0 spiro atoms. The molecule has 3 aliphatic heterocycles. The van der Waals surface area contributed by atoms with Gasteiger partial charge in [-0.25, -0.2) is 4.79 Å². The molecule has 0 N–H and O–H groups in total. The molecule has 15 atom stereocenters. The Morgan fingerprint density at radius 3 is 2.23 bits per heavy atom. The predicted octanol–water partition coefficient (Wildman–Crippen LogP) is 9.98. The second kappa shape index (κ2) is 25.4. The van der Waals surface area contributed by atoms with E-state index in [0.29, 0.717) is 56.8 Å². The van der Waals surface area contributed by atoms with Gasteiger partial charge in [0.05, 0.1) is 18.3 Å². The third-order valence-corrected chi connectivity index (χ3v) is 15.8. The molecule has 4 aliphatic rings. The van der Waals surface area contributed by atoms with E-state index in [-0.39, 0.29) is 60.4 Å². The van der Waals surface area contributed by atoms with Gasteiger partial charge >= 0.3 is 5.97 Å². The molecule has 65 heavy (non-hydrogen) atoms. The molecule has 366 valence electrons. The third kappa shape index (κ3) is 14.5. The zero-order chi connectivity index (χ0) is 48.2. The molecule has 1 unspecified atom stereocenters. The second-order valence-corrected chi connectivity index (χ2v) is 20.9. The van der Waals surface area contributed by atoms with Crippen LogP contribution in [0, 0.1) is 47.3 Å². The summed E-state index contributed by atoms with van der Waals surface area (Å²) in [6.07, 6.45) is 17.2. The number of carbonyl (C=O) groups is 5. The summed E-state index contributed by atoms with van der Waals surface area (Å²) < 4.78 is 30.3. The van der Waals surface area contributed by atoms with E-state index in [1.807, 2.05) is 78.8 Å². The first-order chi connectivity index (χ1) is 30.7. The maximum atomic E-state index is 14.5. The minimum absolute atomic E-state index is 0.0176. The van der Waals surface area contributed by atoms with Gasteiger partial charge in [0.25, 0.3) is 11.7 Å². The number of halogens is 1. The number of allylic oxidation sites excluding steroid dienone is 6. The Balaban J connectivity index is 1.70. The lowest BCUT2D eigenvalue weighted by Crippen LogP contribution is -2.58. The molecule has 2 bridgehead atoms. The number of rotatable bonds is 6. The number of esters is 1. The van der Waals surface area contributed by atoms with Gasteiger partial charge < -0.3 is 28.6 Å². The normalized spacial score (nSPS) is 40.4. The van der Waals surface area contributed by atoms with Gasteiger partial charge in [-0.2, -0.15) is 0 Å². The van der Waals surface area contributed by atoms with Crippen LogP contribution in [0.15, 0.2) is 47.6 Å². The fourth-order valence-electron chi connectivity index (χ4n) is 10.5. The van der Waals surface area contributed by atoms with Crippen LogP contribution in [-0.4, -0.2) is 104 Å². The average Bonchev–Trinajstić information content (AvgIpc) is 3.28. The van der Waals surface area contributed by atoms with Crippen molar-refractivity contribution in [2.75, 3.05) is 27.9 Å². The number of ether oxygens (including phenoxy) is 5. The topological polar surface area (TPSA) is 135 Å². The van der Waals surface area contributed by atoms with E-state index in [0.717, 1.165) is 36.8 Å². The molecule has 3 heterocycles. The lowest BCUT2D eigenvalue weighted by atomic mass is 9.76. The highest BCUT2D eigenvalue weighted by Crippen LogP contribution is 2.41. The Morgan fingerprint density at radius 2 is 1.55 bits per heavy atom. The Labute approximate surface area is 395 Å². The predicted molar refractivity (Wildman–Crippen MR) is 255 cm³/mol. The van der Waals surface area contributed by atoms with Crippen molar-refractivity contribution in [3.8, 4) is 0 Å². The Morgan fingerprint density at radius 1 is 0.831 bits per heavy atom. The fraction of sp³-hybridized carbons (Fsp3) is 0.755. The van der Waals surface area contributed by atoms with E-state index in [2.05, 4.69) is 19.9 Å². The largest absolute Gasteiger partial charge is 0.460 e.